The molecule has 0 aromatic carbocycles. The molecule has 0 atom stereocenters. The predicted octanol–water partition coefficient (Wildman–Crippen LogP) is 4.03. The molecular weight excluding hydrogens is 214 g/mol. The van der Waals surface area contributed by atoms with Crippen LogP contribution in [0, 0.1) is 12.3 Å². The summed E-state index contributed by atoms with van der Waals surface area (Å²) in [7, 11) is 0. The summed E-state index contributed by atoms with van der Waals surface area (Å²) in [4.78, 5) is 4.63. The van der Waals surface area contributed by atoms with Crippen LogP contribution >= 0.6 is 11.8 Å². The Balaban J connectivity index is 3.45. The zero-order chi connectivity index (χ0) is 12.3. The third kappa shape index (κ3) is 2.59. The van der Waals surface area contributed by atoms with Gasteiger partial charge < -0.3 is 0 Å². The highest BCUT2D eigenvalue weighted by Gasteiger charge is 2.14. The molecule has 0 amide bonds. The molecule has 0 unspecified atom stereocenters. The summed E-state index contributed by atoms with van der Waals surface area (Å²) < 4.78 is 0. The van der Waals surface area contributed by atoms with E-state index < -0.39 is 0 Å². The summed E-state index contributed by atoms with van der Waals surface area (Å²) in [5, 5.41) is 0.984. The lowest BCUT2D eigenvalue weighted by molar-refractivity contribution is 0.775. The fourth-order valence-electron chi connectivity index (χ4n) is 1.60. The van der Waals surface area contributed by atoms with E-state index in [2.05, 4.69) is 44.7 Å². The van der Waals surface area contributed by atoms with Crippen LogP contribution in [0.1, 0.15) is 56.4 Å². The van der Waals surface area contributed by atoms with Crippen LogP contribution in [0.3, 0.4) is 0 Å². The molecule has 0 aliphatic rings. The molecule has 0 bridgehead atoms. The molecule has 0 N–H and O–H groups in total. The smallest absolute Gasteiger partial charge is 0.112 e. The maximum Gasteiger partial charge on any atom is 0.112 e. The largest absolute Gasteiger partial charge is 0.245 e. The van der Waals surface area contributed by atoms with Crippen molar-refractivity contribution in [3.63, 3.8) is 0 Å². The normalized spacial score (nSPS) is 10.9. The lowest BCUT2D eigenvalue weighted by Crippen LogP contribution is -2.03. The highest BCUT2D eigenvalue weighted by atomic mass is 32.2. The lowest BCUT2D eigenvalue weighted by atomic mass is 9.96. The van der Waals surface area contributed by atoms with Crippen molar-refractivity contribution in [1.29, 1.82) is 0 Å². The van der Waals surface area contributed by atoms with Crippen LogP contribution in [0.15, 0.2) is 11.1 Å². The first-order chi connectivity index (χ1) is 7.51. The van der Waals surface area contributed by atoms with Crippen molar-refractivity contribution in [2.45, 2.75) is 44.6 Å². The maximum atomic E-state index is 5.59. The molecule has 1 aromatic heterocycles. The van der Waals surface area contributed by atoms with Crippen LogP contribution in [0.2, 0.25) is 0 Å². The highest BCUT2D eigenvalue weighted by molar-refractivity contribution is 7.98. The highest BCUT2D eigenvalue weighted by Crippen LogP contribution is 2.29. The molecule has 1 aromatic rings. The number of thioether (sulfide) groups is 1. The van der Waals surface area contributed by atoms with E-state index in [-0.39, 0.29) is 0 Å². The summed E-state index contributed by atoms with van der Waals surface area (Å²) in [6.45, 7) is 8.66. The average Bonchev–Trinajstić information content (AvgIpc) is 2.26. The van der Waals surface area contributed by atoms with Gasteiger partial charge >= 0.3 is 0 Å². The summed E-state index contributed by atoms with van der Waals surface area (Å²) in [5.41, 5.74) is 3.34. The van der Waals surface area contributed by atoms with Crippen LogP contribution in [-0.2, 0) is 0 Å². The van der Waals surface area contributed by atoms with Crippen molar-refractivity contribution in [3.8, 4) is 12.3 Å². The van der Waals surface area contributed by atoms with E-state index in [0.717, 1.165) is 16.3 Å². The number of aromatic nitrogens is 1. The van der Waals surface area contributed by atoms with Gasteiger partial charge in [0, 0.05) is 5.69 Å². The van der Waals surface area contributed by atoms with Gasteiger partial charge in [0.05, 0.1) is 5.56 Å². The van der Waals surface area contributed by atoms with Crippen LogP contribution < -0.4 is 0 Å². The van der Waals surface area contributed by atoms with Gasteiger partial charge in [-0.15, -0.1) is 18.2 Å². The van der Waals surface area contributed by atoms with Crippen molar-refractivity contribution >= 4 is 11.8 Å². The Morgan fingerprint density at radius 3 is 2.25 bits per heavy atom. The first-order valence-electron chi connectivity index (χ1n) is 5.56. The molecule has 0 fully saturated rings. The van der Waals surface area contributed by atoms with E-state index in [4.69, 9.17) is 6.42 Å². The van der Waals surface area contributed by atoms with Crippen LogP contribution in [0.4, 0.5) is 0 Å². The average molecular weight is 233 g/mol. The quantitative estimate of drug-likeness (QED) is 0.577. The Morgan fingerprint density at radius 1 is 1.25 bits per heavy atom. The number of nitrogens with zero attached hydrogens (tertiary/aromatic N) is 1. The lowest BCUT2D eigenvalue weighted by Gasteiger charge is -2.15. The monoisotopic (exact) mass is 233 g/mol. The van der Waals surface area contributed by atoms with Gasteiger partial charge in [0.2, 0.25) is 0 Å². The molecule has 0 aliphatic carbocycles. The zero-order valence-corrected chi connectivity index (χ0v) is 11.5. The summed E-state index contributed by atoms with van der Waals surface area (Å²) in [6, 6.07) is 2.16. The first-order valence-corrected chi connectivity index (χ1v) is 6.79. The Labute approximate surface area is 103 Å². The molecule has 0 spiro atoms. The molecule has 1 rings (SSSR count). The number of terminal acetylenes is 1. The van der Waals surface area contributed by atoms with Crippen molar-refractivity contribution in [2.75, 3.05) is 6.26 Å². The molecule has 2 heteroatoms. The van der Waals surface area contributed by atoms with Gasteiger partial charge in [-0.2, -0.15) is 0 Å². The fourth-order valence-corrected chi connectivity index (χ4v) is 2.18. The fraction of sp³-hybridized carbons (Fsp3) is 0.500. The Kier molecular flexibility index (Phi) is 4.44. The number of pyridine rings is 1. The van der Waals surface area contributed by atoms with Crippen LogP contribution in [0.5, 0.6) is 0 Å². The van der Waals surface area contributed by atoms with E-state index >= 15 is 0 Å². The summed E-state index contributed by atoms with van der Waals surface area (Å²) in [6.07, 6.45) is 7.61. The summed E-state index contributed by atoms with van der Waals surface area (Å²) in [5.74, 6) is 3.66. The third-order valence-corrected chi connectivity index (χ3v) is 3.27. The minimum absolute atomic E-state index is 0.440. The number of hydrogen-bond acceptors (Lipinski definition) is 2. The second kappa shape index (κ2) is 5.41. The van der Waals surface area contributed by atoms with Gasteiger partial charge in [-0.3, -0.25) is 0 Å². The number of rotatable bonds is 3. The van der Waals surface area contributed by atoms with Crippen LogP contribution in [-0.4, -0.2) is 11.2 Å². The molecule has 0 saturated carbocycles. The molecule has 0 saturated heterocycles. The van der Waals surface area contributed by atoms with Gasteiger partial charge in [-0.25, -0.2) is 4.98 Å². The van der Waals surface area contributed by atoms with Gasteiger partial charge in [0.1, 0.15) is 5.03 Å². The standard InChI is InChI=1S/C14H19NS/c1-7-11-12(9(2)3)8-13(10(4)5)15-14(11)16-6/h1,8-10H,2-6H3. The minimum atomic E-state index is 0.440. The Morgan fingerprint density at radius 2 is 1.88 bits per heavy atom. The summed E-state index contributed by atoms with van der Waals surface area (Å²) >= 11 is 1.63. The van der Waals surface area contributed by atoms with E-state index in [1.165, 1.54) is 5.56 Å². The van der Waals surface area contributed by atoms with Crippen molar-refractivity contribution in [3.05, 3.63) is 22.9 Å². The Bertz CT molecular complexity index is 413. The maximum absolute atomic E-state index is 5.59. The van der Waals surface area contributed by atoms with Gasteiger partial charge in [-0.1, -0.05) is 33.6 Å². The van der Waals surface area contributed by atoms with Crippen LogP contribution in [0.25, 0.3) is 0 Å². The molecular formula is C14H19NS. The Hall–Kier alpha value is -0.940. The molecule has 0 aliphatic heterocycles. The van der Waals surface area contributed by atoms with Gasteiger partial charge in [-0.05, 0) is 29.7 Å². The molecule has 86 valence electrons. The van der Waals surface area contributed by atoms with E-state index in [9.17, 15) is 0 Å². The minimum Gasteiger partial charge on any atom is -0.245 e. The van der Waals surface area contributed by atoms with Crippen molar-refractivity contribution in [1.82, 2.24) is 4.98 Å². The molecule has 0 radical (unpaired) electrons. The molecule has 16 heavy (non-hydrogen) atoms. The topological polar surface area (TPSA) is 12.9 Å². The van der Waals surface area contributed by atoms with Crippen molar-refractivity contribution < 1.29 is 0 Å². The zero-order valence-electron chi connectivity index (χ0n) is 10.7. The predicted molar refractivity (Wildman–Crippen MR) is 72.1 cm³/mol. The second-order valence-corrected chi connectivity index (χ2v) is 5.27. The van der Waals surface area contributed by atoms with Crippen molar-refractivity contribution in [2.24, 2.45) is 0 Å². The van der Waals surface area contributed by atoms with E-state index in [1.807, 2.05) is 6.26 Å². The van der Waals surface area contributed by atoms with Gasteiger partial charge in [0.15, 0.2) is 0 Å². The number of hydrogen-bond donors (Lipinski definition) is 0. The SMILES string of the molecule is C#Cc1c(C(C)C)cc(C(C)C)nc1SC. The molecule has 1 heterocycles. The van der Waals surface area contributed by atoms with E-state index in [0.29, 0.717) is 11.8 Å². The molecule has 1 nitrogen and oxygen atoms in total. The van der Waals surface area contributed by atoms with E-state index in [1.54, 1.807) is 11.8 Å². The first kappa shape index (κ1) is 13.1. The van der Waals surface area contributed by atoms with Gasteiger partial charge in [0.25, 0.3) is 0 Å². The third-order valence-electron chi connectivity index (χ3n) is 2.59. The second-order valence-electron chi connectivity index (χ2n) is 4.47.